The van der Waals surface area contributed by atoms with Gasteiger partial charge in [0.25, 0.3) is 0 Å². The first kappa shape index (κ1) is 19.1. The highest BCUT2D eigenvalue weighted by Crippen LogP contribution is 2.20. The van der Waals surface area contributed by atoms with Gasteiger partial charge in [0, 0.05) is 6.54 Å². The lowest BCUT2D eigenvalue weighted by atomic mass is 9.94. The number of likely N-dealkylation sites (tertiary alicyclic amines) is 1. The molecular weight excluding hydrogens is 310 g/mol. The Morgan fingerprint density at radius 3 is 2.71 bits per heavy atom. The lowest BCUT2D eigenvalue weighted by Gasteiger charge is -2.43. The predicted octanol–water partition coefficient (Wildman–Crippen LogP) is 0.167. The van der Waals surface area contributed by atoms with Gasteiger partial charge in [0.05, 0.1) is 25.4 Å². The van der Waals surface area contributed by atoms with E-state index in [1.54, 1.807) is 0 Å². The summed E-state index contributed by atoms with van der Waals surface area (Å²) >= 11 is 0. The Hall–Kier alpha value is -1.18. The maximum absolute atomic E-state index is 9.99. The molecule has 0 spiro atoms. The van der Waals surface area contributed by atoms with Crippen LogP contribution in [0.2, 0.25) is 0 Å². The molecule has 136 valence electrons. The summed E-state index contributed by atoms with van der Waals surface area (Å²) in [7, 11) is 0. The van der Waals surface area contributed by atoms with E-state index in [-0.39, 0.29) is 13.2 Å². The van der Waals surface area contributed by atoms with Crippen LogP contribution in [-0.4, -0.2) is 76.0 Å². The Balaban J connectivity index is 1.86. The molecule has 1 saturated heterocycles. The zero-order valence-corrected chi connectivity index (χ0v) is 14.2. The van der Waals surface area contributed by atoms with Crippen molar-refractivity contribution in [3.8, 4) is 5.75 Å². The summed E-state index contributed by atoms with van der Waals surface area (Å²) in [5.74, 6) is 0.870. The summed E-state index contributed by atoms with van der Waals surface area (Å²) in [6.45, 7) is 3.41. The molecule has 1 aromatic carbocycles. The van der Waals surface area contributed by atoms with E-state index in [1.165, 1.54) is 5.56 Å². The average Bonchev–Trinajstić information content (AvgIpc) is 2.58. The fourth-order valence-corrected chi connectivity index (χ4v) is 3.13. The van der Waals surface area contributed by atoms with Crippen LogP contribution < -0.4 is 4.74 Å². The van der Waals surface area contributed by atoms with Crippen molar-refractivity contribution < 1.29 is 25.2 Å². The van der Waals surface area contributed by atoms with Gasteiger partial charge in [-0.15, -0.1) is 0 Å². The minimum Gasteiger partial charge on any atom is -0.494 e. The number of rotatable bonds is 8. The van der Waals surface area contributed by atoms with Gasteiger partial charge in [0.1, 0.15) is 18.0 Å². The molecule has 6 heteroatoms. The number of piperidine rings is 1. The zero-order valence-electron chi connectivity index (χ0n) is 14.2. The Labute approximate surface area is 143 Å². The van der Waals surface area contributed by atoms with Crippen LogP contribution in [0.15, 0.2) is 24.3 Å². The van der Waals surface area contributed by atoms with Crippen molar-refractivity contribution in [2.45, 2.75) is 50.5 Å². The number of nitrogens with zero attached hydrogens (tertiary/aromatic N) is 1. The van der Waals surface area contributed by atoms with E-state index in [1.807, 2.05) is 29.2 Å². The molecule has 1 aliphatic rings. The molecule has 0 aromatic heterocycles. The molecule has 1 aliphatic heterocycles. The van der Waals surface area contributed by atoms with E-state index in [2.05, 4.69) is 6.92 Å². The molecule has 1 fully saturated rings. The van der Waals surface area contributed by atoms with Crippen molar-refractivity contribution in [1.82, 2.24) is 4.90 Å². The number of aryl methyl sites for hydroxylation is 1. The normalized spacial score (nSPS) is 28.0. The van der Waals surface area contributed by atoms with Gasteiger partial charge in [-0.1, -0.05) is 19.1 Å². The summed E-state index contributed by atoms with van der Waals surface area (Å²) in [6, 6.07) is 7.46. The number of hydrogen-bond acceptors (Lipinski definition) is 6. The van der Waals surface area contributed by atoms with Gasteiger partial charge in [-0.25, -0.2) is 0 Å². The van der Waals surface area contributed by atoms with Crippen LogP contribution in [-0.2, 0) is 6.42 Å². The molecule has 1 aromatic rings. The molecule has 0 amide bonds. The van der Waals surface area contributed by atoms with Gasteiger partial charge in [-0.2, -0.15) is 0 Å². The van der Waals surface area contributed by atoms with Crippen molar-refractivity contribution in [1.29, 1.82) is 0 Å². The first-order valence-corrected chi connectivity index (χ1v) is 8.67. The van der Waals surface area contributed by atoms with Crippen LogP contribution >= 0.6 is 0 Å². The highest BCUT2D eigenvalue weighted by atomic mass is 16.5. The standard InChI is InChI=1S/C18H29NO5/c1-2-9-24-14-7-3-5-13(10-14)6-4-8-19-11-16(21)18(23)17(22)15(19)12-20/h3,5,7,10,15-18,20-23H,2,4,6,8-9,11-12H2,1H3/t15-,16+,17-,18-/m1/s1. The number of aliphatic hydroxyl groups is 4. The third kappa shape index (κ3) is 4.91. The van der Waals surface area contributed by atoms with E-state index in [0.717, 1.165) is 25.0 Å². The van der Waals surface area contributed by atoms with Gasteiger partial charge in [0.15, 0.2) is 0 Å². The van der Waals surface area contributed by atoms with E-state index < -0.39 is 24.4 Å². The fourth-order valence-electron chi connectivity index (χ4n) is 3.13. The molecule has 2 rings (SSSR count). The largest absolute Gasteiger partial charge is 0.494 e. The minimum absolute atomic E-state index is 0.245. The molecule has 4 N–H and O–H groups in total. The molecule has 6 nitrogen and oxygen atoms in total. The van der Waals surface area contributed by atoms with Crippen LogP contribution in [0.3, 0.4) is 0 Å². The maximum atomic E-state index is 9.99. The van der Waals surface area contributed by atoms with E-state index in [9.17, 15) is 20.4 Å². The lowest BCUT2D eigenvalue weighted by Crippen LogP contribution is -2.62. The van der Waals surface area contributed by atoms with Gasteiger partial charge in [-0.05, 0) is 43.5 Å². The number of ether oxygens (including phenoxy) is 1. The summed E-state index contributed by atoms with van der Waals surface area (Å²) < 4.78 is 5.63. The van der Waals surface area contributed by atoms with Gasteiger partial charge in [0.2, 0.25) is 0 Å². The molecule has 0 saturated carbocycles. The smallest absolute Gasteiger partial charge is 0.119 e. The second-order valence-electron chi connectivity index (χ2n) is 6.39. The average molecular weight is 339 g/mol. The molecule has 0 bridgehead atoms. The Morgan fingerprint density at radius 2 is 2.00 bits per heavy atom. The van der Waals surface area contributed by atoms with Crippen LogP contribution in [0.25, 0.3) is 0 Å². The third-order valence-corrected chi connectivity index (χ3v) is 4.50. The summed E-state index contributed by atoms with van der Waals surface area (Å²) in [6.07, 6.45) is -0.697. The van der Waals surface area contributed by atoms with Crippen LogP contribution in [0, 0.1) is 0 Å². The second-order valence-corrected chi connectivity index (χ2v) is 6.39. The molecule has 1 heterocycles. The van der Waals surface area contributed by atoms with E-state index >= 15 is 0 Å². The Morgan fingerprint density at radius 1 is 1.21 bits per heavy atom. The fraction of sp³-hybridized carbons (Fsp3) is 0.667. The van der Waals surface area contributed by atoms with Crippen LogP contribution in [0.5, 0.6) is 5.75 Å². The Bertz CT molecular complexity index is 498. The van der Waals surface area contributed by atoms with Gasteiger partial charge >= 0.3 is 0 Å². The first-order chi connectivity index (χ1) is 11.6. The molecular formula is C18H29NO5. The van der Waals surface area contributed by atoms with E-state index in [0.29, 0.717) is 13.2 Å². The SMILES string of the molecule is CCCOc1cccc(CCCN2C[C@H](O)[C@@H](O)[C@H](O)[C@H]2CO)c1. The zero-order chi connectivity index (χ0) is 17.5. The molecule has 4 atom stereocenters. The Kier molecular flexibility index (Phi) is 7.45. The highest BCUT2D eigenvalue weighted by Gasteiger charge is 2.40. The van der Waals surface area contributed by atoms with Crippen molar-refractivity contribution >= 4 is 0 Å². The maximum Gasteiger partial charge on any atom is 0.119 e. The topological polar surface area (TPSA) is 93.4 Å². The van der Waals surface area contributed by atoms with Crippen molar-refractivity contribution in [3.05, 3.63) is 29.8 Å². The van der Waals surface area contributed by atoms with Crippen LogP contribution in [0.1, 0.15) is 25.3 Å². The predicted molar refractivity (Wildman–Crippen MR) is 91.0 cm³/mol. The summed E-state index contributed by atoms with van der Waals surface area (Å²) in [4.78, 5) is 1.85. The number of aliphatic hydroxyl groups excluding tert-OH is 4. The minimum atomic E-state index is -1.20. The van der Waals surface area contributed by atoms with E-state index in [4.69, 9.17) is 4.74 Å². The molecule has 0 aliphatic carbocycles. The number of hydrogen-bond donors (Lipinski definition) is 4. The number of benzene rings is 1. The van der Waals surface area contributed by atoms with Crippen LogP contribution in [0.4, 0.5) is 0 Å². The lowest BCUT2D eigenvalue weighted by molar-refractivity contribution is -0.145. The van der Waals surface area contributed by atoms with Gasteiger partial charge in [-0.3, -0.25) is 4.90 Å². The second kappa shape index (κ2) is 9.34. The van der Waals surface area contributed by atoms with Crippen molar-refractivity contribution in [3.63, 3.8) is 0 Å². The summed E-state index contributed by atoms with van der Waals surface area (Å²) in [5, 5.41) is 39.0. The highest BCUT2D eigenvalue weighted by molar-refractivity contribution is 5.28. The van der Waals surface area contributed by atoms with Crippen molar-refractivity contribution in [2.75, 3.05) is 26.3 Å². The van der Waals surface area contributed by atoms with Gasteiger partial charge < -0.3 is 25.2 Å². The monoisotopic (exact) mass is 339 g/mol. The number of β-amino-alcohol motifs (C(OH)–C–C–N with tert-alkyl or cyclic N) is 1. The molecule has 0 radical (unpaired) electrons. The summed E-state index contributed by atoms with van der Waals surface area (Å²) in [5.41, 5.74) is 1.17. The first-order valence-electron chi connectivity index (χ1n) is 8.67. The third-order valence-electron chi connectivity index (χ3n) is 4.50. The molecule has 24 heavy (non-hydrogen) atoms. The van der Waals surface area contributed by atoms with Crippen molar-refractivity contribution in [2.24, 2.45) is 0 Å². The quantitative estimate of drug-likeness (QED) is 0.539. The molecule has 0 unspecified atom stereocenters.